The van der Waals surface area contributed by atoms with E-state index in [9.17, 15) is 9.59 Å². The first kappa shape index (κ1) is 34.4. The average Bonchev–Trinajstić information content (AvgIpc) is 3.61. The van der Waals surface area contributed by atoms with Gasteiger partial charge in [-0.2, -0.15) is 0 Å². The maximum atomic E-state index is 12.5. The Morgan fingerprint density at radius 2 is 1.09 bits per heavy atom. The van der Waals surface area contributed by atoms with Crippen molar-refractivity contribution in [2.75, 3.05) is 40.5 Å². The third kappa shape index (κ3) is 8.43. The van der Waals surface area contributed by atoms with Crippen LogP contribution in [0.3, 0.4) is 0 Å². The molecule has 0 aromatic carbocycles. The molecule has 43 heavy (non-hydrogen) atoms. The fourth-order valence-corrected chi connectivity index (χ4v) is 6.26. The smallest absolute Gasteiger partial charge is 0.307 e. The zero-order valence-corrected chi connectivity index (χ0v) is 26.6. The molecule has 4 heterocycles. The van der Waals surface area contributed by atoms with Crippen LogP contribution < -0.4 is 10.6 Å². The number of carbonyl (C=O) groups excluding carboxylic acids is 2. The van der Waals surface area contributed by atoms with E-state index in [2.05, 4.69) is 10.6 Å². The van der Waals surface area contributed by atoms with E-state index in [0.29, 0.717) is 19.5 Å². The maximum Gasteiger partial charge on any atom is 0.307 e. The highest BCUT2D eigenvalue weighted by molar-refractivity contribution is 5.70. The van der Waals surface area contributed by atoms with Crippen molar-refractivity contribution in [3.63, 3.8) is 0 Å². The van der Waals surface area contributed by atoms with E-state index in [-0.39, 0.29) is 38.0 Å². The van der Waals surface area contributed by atoms with Crippen LogP contribution in [0.1, 0.15) is 60.8 Å². The SMILES string of the molecule is CCOC(=O)CC(NCCCNC(CC(=O)OCC)[C@@H]1O[C@H]2OC(C)(C)O[C@H]2[C@@H]1OC)[C@H]1O[C@@H]2OC(C)(C)O[C@@H]2[C@H]1OC. The highest BCUT2D eigenvalue weighted by Crippen LogP contribution is 2.41. The van der Waals surface area contributed by atoms with Crippen LogP contribution in [0, 0.1) is 0 Å². The molecule has 4 fully saturated rings. The van der Waals surface area contributed by atoms with Crippen molar-refractivity contribution in [2.45, 2.75) is 134 Å². The summed E-state index contributed by atoms with van der Waals surface area (Å²) < 4.78 is 58.3. The number of hydrogen-bond donors (Lipinski definition) is 2. The summed E-state index contributed by atoms with van der Waals surface area (Å²) >= 11 is 0. The Hall–Kier alpha value is -1.46. The topological polar surface area (TPSA) is 150 Å². The summed E-state index contributed by atoms with van der Waals surface area (Å²) in [6, 6.07) is -0.818. The first-order valence-electron chi connectivity index (χ1n) is 15.3. The number of fused-ring (bicyclic) bond motifs is 2. The predicted molar refractivity (Wildman–Crippen MR) is 150 cm³/mol. The number of nitrogens with one attached hydrogen (secondary N) is 2. The number of ether oxygens (including phenoxy) is 10. The van der Waals surface area contributed by atoms with Crippen LogP contribution in [0.5, 0.6) is 0 Å². The van der Waals surface area contributed by atoms with Crippen LogP contribution in [-0.4, -0.2) is 125 Å². The van der Waals surface area contributed by atoms with Crippen molar-refractivity contribution in [1.29, 1.82) is 0 Å². The number of carbonyl (C=O) groups is 2. The van der Waals surface area contributed by atoms with E-state index in [0.717, 1.165) is 0 Å². The van der Waals surface area contributed by atoms with Gasteiger partial charge in [0.25, 0.3) is 0 Å². The lowest BCUT2D eigenvalue weighted by molar-refractivity contribution is -0.220. The molecular weight excluding hydrogens is 568 g/mol. The van der Waals surface area contributed by atoms with Crippen LogP contribution in [0.4, 0.5) is 0 Å². The number of methoxy groups -OCH3 is 2. The monoisotopic (exact) mass is 618 g/mol. The van der Waals surface area contributed by atoms with Gasteiger partial charge in [-0.15, -0.1) is 0 Å². The van der Waals surface area contributed by atoms with Gasteiger partial charge in [0.2, 0.25) is 0 Å². The molecule has 10 atom stereocenters. The highest BCUT2D eigenvalue weighted by Gasteiger charge is 2.58. The summed E-state index contributed by atoms with van der Waals surface area (Å²) in [5.74, 6) is -2.25. The van der Waals surface area contributed by atoms with Gasteiger partial charge in [-0.25, -0.2) is 0 Å². The number of rotatable bonds is 16. The van der Waals surface area contributed by atoms with Crippen LogP contribution in [0.15, 0.2) is 0 Å². The molecule has 0 amide bonds. The van der Waals surface area contributed by atoms with Gasteiger partial charge < -0.3 is 58.0 Å². The second-order valence-electron chi connectivity index (χ2n) is 12.0. The van der Waals surface area contributed by atoms with E-state index in [1.54, 1.807) is 28.1 Å². The summed E-state index contributed by atoms with van der Waals surface area (Å²) in [5.41, 5.74) is 0. The quantitative estimate of drug-likeness (QED) is 0.187. The Morgan fingerprint density at radius 3 is 1.44 bits per heavy atom. The van der Waals surface area contributed by atoms with Gasteiger partial charge in [-0.05, 0) is 61.1 Å². The Balaban J connectivity index is 1.35. The van der Waals surface area contributed by atoms with Gasteiger partial charge in [0.15, 0.2) is 24.2 Å². The minimum absolute atomic E-state index is 0.0880. The fourth-order valence-electron chi connectivity index (χ4n) is 6.26. The Kier molecular flexibility index (Phi) is 11.8. The van der Waals surface area contributed by atoms with Crippen molar-refractivity contribution in [1.82, 2.24) is 10.6 Å². The lowest BCUT2D eigenvalue weighted by Gasteiger charge is -2.31. The number of esters is 2. The normalized spacial score (nSPS) is 35.3. The van der Waals surface area contributed by atoms with E-state index >= 15 is 0 Å². The molecule has 0 bridgehead atoms. The van der Waals surface area contributed by atoms with E-state index < -0.39 is 72.9 Å². The summed E-state index contributed by atoms with van der Waals surface area (Å²) in [5, 5.41) is 6.89. The van der Waals surface area contributed by atoms with Crippen molar-refractivity contribution in [2.24, 2.45) is 0 Å². The molecular formula is C29H50N2O12. The predicted octanol–water partition coefficient (Wildman–Crippen LogP) is 0.982. The van der Waals surface area contributed by atoms with Gasteiger partial charge >= 0.3 is 11.9 Å². The highest BCUT2D eigenvalue weighted by atomic mass is 16.9. The molecule has 0 aromatic rings. The van der Waals surface area contributed by atoms with Crippen molar-refractivity contribution < 1.29 is 57.0 Å². The summed E-state index contributed by atoms with van der Waals surface area (Å²) in [7, 11) is 3.19. The standard InChI is InChI=1S/C29H50N2O12/c1-9-36-18(32)14-16(20-22(34-7)24-26(38-20)42-28(3,4)40-24)30-12-11-13-31-17(15-19(33)37-10-2)21-23(35-8)25-27(39-21)43-29(5,6)41-25/h16-17,20-27,30-31H,9-15H2,1-8H3/t16?,17?,20-,21+,22+,23-,24-,25+,26-,27+. The summed E-state index contributed by atoms with van der Waals surface area (Å²) in [6.45, 7) is 12.5. The average molecular weight is 619 g/mol. The maximum absolute atomic E-state index is 12.5. The van der Waals surface area contributed by atoms with Gasteiger partial charge in [0.05, 0.1) is 26.1 Å². The minimum Gasteiger partial charge on any atom is -0.466 e. The van der Waals surface area contributed by atoms with Crippen molar-refractivity contribution >= 4 is 11.9 Å². The van der Waals surface area contributed by atoms with E-state index in [1.165, 1.54) is 0 Å². The molecule has 2 unspecified atom stereocenters. The van der Waals surface area contributed by atoms with Crippen LogP contribution in [0.25, 0.3) is 0 Å². The van der Waals surface area contributed by atoms with Crippen LogP contribution in [0.2, 0.25) is 0 Å². The minimum atomic E-state index is -0.787. The molecule has 0 saturated carbocycles. The molecule has 4 aliphatic heterocycles. The van der Waals surface area contributed by atoms with Gasteiger partial charge in [-0.1, -0.05) is 0 Å². The fraction of sp³-hybridized carbons (Fsp3) is 0.931. The third-order valence-corrected chi connectivity index (χ3v) is 7.94. The van der Waals surface area contributed by atoms with Crippen LogP contribution in [-0.2, 0) is 57.0 Å². The molecule has 0 aromatic heterocycles. The zero-order valence-electron chi connectivity index (χ0n) is 26.6. The molecule has 4 saturated heterocycles. The Morgan fingerprint density at radius 1 is 0.698 bits per heavy atom. The largest absolute Gasteiger partial charge is 0.466 e. The van der Waals surface area contributed by atoms with Crippen molar-refractivity contribution in [3.8, 4) is 0 Å². The van der Waals surface area contributed by atoms with Gasteiger partial charge in [-0.3, -0.25) is 9.59 Å². The van der Waals surface area contributed by atoms with Crippen LogP contribution >= 0.6 is 0 Å². The summed E-state index contributed by atoms with van der Waals surface area (Å²) in [6.07, 6.45) is -3.07. The molecule has 0 spiro atoms. The molecule has 2 N–H and O–H groups in total. The van der Waals surface area contributed by atoms with Gasteiger partial charge in [0, 0.05) is 26.3 Å². The lowest BCUT2D eigenvalue weighted by atomic mass is 10.00. The zero-order chi connectivity index (χ0) is 31.4. The molecule has 248 valence electrons. The second kappa shape index (κ2) is 14.8. The molecule has 14 nitrogen and oxygen atoms in total. The van der Waals surface area contributed by atoms with Gasteiger partial charge in [0.1, 0.15) is 36.6 Å². The Bertz CT molecular complexity index is 863. The molecule has 0 aliphatic carbocycles. The second-order valence-corrected chi connectivity index (χ2v) is 12.0. The number of hydrogen-bond acceptors (Lipinski definition) is 14. The molecule has 14 heteroatoms. The molecule has 4 rings (SSSR count). The van der Waals surface area contributed by atoms with E-state index in [1.807, 2.05) is 27.7 Å². The molecule has 4 aliphatic rings. The summed E-state index contributed by atoms with van der Waals surface area (Å²) in [4.78, 5) is 25.0. The van der Waals surface area contributed by atoms with E-state index in [4.69, 9.17) is 47.4 Å². The first-order chi connectivity index (χ1) is 20.4. The third-order valence-electron chi connectivity index (χ3n) is 7.94. The lowest BCUT2D eigenvalue weighted by Crippen LogP contribution is -2.51. The first-order valence-corrected chi connectivity index (χ1v) is 15.3. The molecule has 0 radical (unpaired) electrons. The van der Waals surface area contributed by atoms with Crippen molar-refractivity contribution in [3.05, 3.63) is 0 Å². The Labute approximate surface area is 253 Å².